The zero-order valence-electron chi connectivity index (χ0n) is 12.8. The van der Waals surface area contributed by atoms with Crippen molar-refractivity contribution in [2.75, 3.05) is 20.3 Å². The van der Waals surface area contributed by atoms with Gasteiger partial charge in [0.1, 0.15) is 11.5 Å². The molecule has 0 N–H and O–H groups in total. The fourth-order valence-corrected chi connectivity index (χ4v) is 2.31. The third-order valence-electron chi connectivity index (χ3n) is 3.01. The van der Waals surface area contributed by atoms with Crippen LogP contribution in [-0.2, 0) is 9.53 Å². The van der Waals surface area contributed by atoms with Gasteiger partial charge in [0.05, 0.1) is 12.1 Å². The maximum absolute atomic E-state index is 12.0. The minimum absolute atomic E-state index is 0.279. The summed E-state index contributed by atoms with van der Waals surface area (Å²) in [6.45, 7) is -0.663. The Morgan fingerprint density at radius 1 is 1.08 bits per heavy atom. The minimum atomic E-state index is -0.633. The molecule has 24 heavy (non-hydrogen) atoms. The molecule has 2 rings (SSSR count). The van der Waals surface area contributed by atoms with Gasteiger partial charge in [-0.25, -0.2) is 4.79 Å². The van der Waals surface area contributed by atoms with Gasteiger partial charge >= 0.3 is 5.97 Å². The van der Waals surface area contributed by atoms with Crippen LogP contribution in [0.4, 0.5) is 0 Å². The van der Waals surface area contributed by atoms with Gasteiger partial charge < -0.3 is 14.2 Å². The monoisotopic (exact) mass is 412 g/mol. The van der Waals surface area contributed by atoms with E-state index in [9.17, 15) is 9.59 Å². The van der Waals surface area contributed by atoms with E-state index in [-0.39, 0.29) is 19.0 Å². The molecule has 2 aromatic carbocycles. The van der Waals surface area contributed by atoms with Crippen molar-refractivity contribution in [2.45, 2.75) is 0 Å². The lowest BCUT2D eigenvalue weighted by molar-refractivity contribution is -0.144. The number of halogens is 2. The van der Waals surface area contributed by atoms with Crippen LogP contribution < -0.4 is 9.47 Å². The molecule has 0 saturated carbocycles. The van der Waals surface area contributed by atoms with E-state index >= 15 is 0 Å². The number of methoxy groups -OCH3 is 1. The van der Waals surface area contributed by atoms with E-state index in [4.69, 9.17) is 25.8 Å². The summed E-state index contributed by atoms with van der Waals surface area (Å²) in [5, 5.41) is 0.313. The molecule has 7 heteroatoms. The average Bonchev–Trinajstić information content (AvgIpc) is 2.59. The Kier molecular flexibility index (Phi) is 6.63. The molecule has 2 aromatic rings. The highest BCUT2D eigenvalue weighted by atomic mass is 79.9. The molecule has 0 atom stereocenters. The van der Waals surface area contributed by atoms with Gasteiger partial charge in [0, 0.05) is 10.0 Å². The Morgan fingerprint density at radius 3 is 2.42 bits per heavy atom. The molecule has 0 spiro atoms. The summed E-state index contributed by atoms with van der Waals surface area (Å²) in [5.41, 5.74) is 0.336. The van der Waals surface area contributed by atoms with Crippen LogP contribution in [-0.4, -0.2) is 32.1 Å². The van der Waals surface area contributed by atoms with Gasteiger partial charge in [-0.3, -0.25) is 4.79 Å². The Balaban J connectivity index is 1.81. The van der Waals surface area contributed by atoms with Crippen LogP contribution in [0.3, 0.4) is 0 Å². The van der Waals surface area contributed by atoms with E-state index in [2.05, 4.69) is 15.9 Å². The molecule has 0 radical (unpaired) electrons. The van der Waals surface area contributed by atoms with E-state index in [1.807, 2.05) is 0 Å². The highest BCUT2D eigenvalue weighted by Crippen LogP contribution is 2.25. The number of esters is 1. The summed E-state index contributed by atoms with van der Waals surface area (Å²) in [6, 6.07) is 11.6. The second-order valence-corrected chi connectivity index (χ2v) is 6.00. The number of hydrogen-bond donors (Lipinski definition) is 0. The first-order valence-electron chi connectivity index (χ1n) is 6.90. The zero-order valence-corrected chi connectivity index (χ0v) is 15.1. The predicted molar refractivity (Wildman–Crippen MR) is 92.9 cm³/mol. The van der Waals surface area contributed by atoms with E-state index in [0.29, 0.717) is 22.1 Å². The molecule has 0 bridgehead atoms. The maximum Gasteiger partial charge on any atom is 0.344 e. The Bertz CT molecular complexity index is 730. The lowest BCUT2D eigenvalue weighted by atomic mass is 10.1. The molecule has 0 heterocycles. The Morgan fingerprint density at radius 2 is 1.79 bits per heavy atom. The normalized spacial score (nSPS) is 10.1. The van der Waals surface area contributed by atoms with Crippen LogP contribution in [0.1, 0.15) is 10.4 Å². The van der Waals surface area contributed by atoms with Gasteiger partial charge in [0.25, 0.3) is 0 Å². The summed E-state index contributed by atoms with van der Waals surface area (Å²) in [6.07, 6.45) is 0. The Labute approximate surface area is 152 Å². The first-order valence-corrected chi connectivity index (χ1v) is 8.07. The van der Waals surface area contributed by atoms with Crippen molar-refractivity contribution in [2.24, 2.45) is 0 Å². The number of rotatable bonds is 7. The lowest BCUT2D eigenvalue weighted by Crippen LogP contribution is -2.19. The van der Waals surface area contributed by atoms with Crippen LogP contribution >= 0.6 is 27.5 Å². The standard InChI is InChI=1S/C17H14BrClO5/c1-22-16-7-2-11(8-14(16)19)15(20)9-24-17(21)10-23-13-5-3-12(18)4-6-13/h2-8H,9-10H2,1H3. The highest BCUT2D eigenvalue weighted by molar-refractivity contribution is 9.10. The molecule has 0 unspecified atom stereocenters. The van der Waals surface area contributed by atoms with E-state index < -0.39 is 5.97 Å². The number of hydrogen-bond acceptors (Lipinski definition) is 5. The van der Waals surface area contributed by atoms with Crippen LogP contribution in [0.15, 0.2) is 46.9 Å². The molecule has 0 aliphatic rings. The predicted octanol–water partition coefficient (Wildman–Crippen LogP) is 3.92. The number of carbonyl (C=O) groups excluding carboxylic acids is 2. The average molecular weight is 414 g/mol. The van der Waals surface area contributed by atoms with Crippen LogP contribution in [0.2, 0.25) is 5.02 Å². The summed E-state index contributed by atoms with van der Waals surface area (Å²) in [7, 11) is 1.48. The van der Waals surface area contributed by atoms with E-state index in [0.717, 1.165) is 4.47 Å². The highest BCUT2D eigenvalue weighted by Gasteiger charge is 2.12. The quantitative estimate of drug-likeness (QED) is 0.509. The molecular formula is C17H14BrClO5. The molecule has 0 fully saturated rings. The molecule has 0 aliphatic heterocycles. The van der Waals surface area contributed by atoms with Gasteiger partial charge in [-0.15, -0.1) is 0 Å². The fourth-order valence-electron chi connectivity index (χ4n) is 1.78. The van der Waals surface area contributed by atoms with Gasteiger partial charge in [0.15, 0.2) is 19.0 Å². The SMILES string of the molecule is COc1ccc(C(=O)COC(=O)COc2ccc(Br)cc2)cc1Cl. The summed E-state index contributed by atoms with van der Waals surface area (Å²) in [4.78, 5) is 23.6. The number of ether oxygens (including phenoxy) is 3. The van der Waals surface area contributed by atoms with Crippen molar-refractivity contribution in [3.8, 4) is 11.5 Å². The van der Waals surface area contributed by atoms with E-state index in [1.54, 1.807) is 36.4 Å². The van der Waals surface area contributed by atoms with Crippen molar-refractivity contribution < 1.29 is 23.8 Å². The molecule has 0 saturated heterocycles. The van der Waals surface area contributed by atoms with Crippen molar-refractivity contribution in [1.29, 1.82) is 0 Å². The third kappa shape index (κ3) is 5.25. The van der Waals surface area contributed by atoms with Gasteiger partial charge in [-0.1, -0.05) is 27.5 Å². The Hall–Kier alpha value is -2.05. The van der Waals surface area contributed by atoms with Crippen LogP contribution in [0.5, 0.6) is 11.5 Å². The zero-order chi connectivity index (χ0) is 17.5. The minimum Gasteiger partial charge on any atom is -0.495 e. The lowest BCUT2D eigenvalue weighted by Gasteiger charge is -2.08. The second kappa shape index (κ2) is 8.70. The van der Waals surface area contributed by atoms with Crippen molar-refractivity contribution in [3.05, 3.63) is 57.5 Å². The van der Waals surface area contributed by atoms with Crippen LogP contribution in [0.25, 0.3) is 0 Å². The number of benzene rings is 2. The van der Waals surface area contributed by atoms with Gasteiger partial charge in [-0.2, -0.15) is 0 Å². The van der Waals surface area contributed by atoms with Crippen LogP contribution in [0, 0.1) is 0 Å². The van der Waals surface area contributed by atoms with Crippen molar-refractivity contribution in [1.82, 2.24) is 0 Å². The molecule has 0 aliphatic carbocycles. The fraction of sp³-hybridized carbons (Fsp3) is 0.176. The van der Waals surface area contributed by atoms with Crippen molar-refractivity contribution >= 4 is 39.3 Å². The first-order chi connectivity index (χ1) is 11.5. The third-order valence-corrected chi connectivity index (χ3v) is 3.83. The summed E-state index contributed by atoms with van der Waals surface area (Å²) >= 11 is 9.26. The first kappa shape index (κ1) is 18.3. The molecule has 0 aromatic heterocycles. The molecule has 126 valence electrons. The topological polar surface area (TPSA) is 61.8 Å². The largest absolute Gasteiger partial charge is 0.495 e. The number of carbonyl (C=O) groups is 2. The number of Topliss-reactive ketones (excluding diaryl/α,β-unsaturated/α-hetero) is 1. The smallest absolute Gasteiger partial charge is 0.344 e. The number of ketones is 1. The van der Waals surface area contributed by atoms with Crippen molar-refractivity contribution in [3.63, 3.8) is 0 Å². The molecular weight excluding hydrogens is 400 g/mol. The molecule has 0 amide bonds. The summed E-state index contributed by atoms with van der Waals surface area (Å²) in [5.74, 6) is -0.000978. The molecule has 5 nitrogen and oxygen atoms in total. The second-order valence-electron chi connectivity index (χ2n) is 4.68. The van der Waals surface area contributed by atoms with Gasteiger partial charge in [-0.05, 0) is 42.5 Å². The van der Waals surface area contributed by atoms with Gasteiger partial charge in [0.2, 0.25) is 0 Å². The maximum atomic E-state index is 12.0. The van der Waals surface area contributed by atoms with E-state index in [1.165, 1.54) is 13.2 Å². The summed E-state index contributed by atoms with van der Waals surface area (Å²) < 4.78 is 16.1.